The molecule has 20 heavy (non-hydrogen) atoms. The number of nitrogens with one attached hydrogen (secondary N) is 1. The second-order valence-corrected chi connectivity index (χ2v) is 4.19. The van der Waals surface area contributed by atoms with E-state index in [9.17, 15) is 9.18 Å². The first-order valence-corrected chi connectivity index (χ1v) is 6.23. The van der Waals surface area contributed by atoms with Crippen LogP contribution in [0.15, 0.2) is 36.7 Å². The number of amides is 1. The van der Waals surface area contributed by atoms with E-state index in [4.69, 9.17) is 5.73 Å². The maximum atomic E-state index is 13.3. The van der Waals surface area contributed by atoms with E-state index in [0.717, 1.165) is 5.69 Å². The van der Waals surface area contributed by atoms with Gasteiger partial charge in [-0.1, -0.05) is 0 Å². The largest absolute Gasteiger partial charge is 0.346 e. The second-order valence-electron chi connectivity index (χ2n) is 4.19. The Morgan fingerprint density at radius 2 is 2.15 bits per heavy atom. The third-order valence-corrected chi connectivity index (χ3v) is 2.74. The predicted molar refractivity (Wildman–Crippen MR) is 72.4 cm³/mol. The molecule has 0 atom stereocenters. The average molecular weight is 274 g/mol. The zero-order valence-electron chi connectivity index (χ0n) is 10.8. The van der Waals surface area contributed by atoms with Crippen LogP contribution in [0.3, 0.4) is 0 Å². The Morgan fingerprint density at radius 1 is 1.30 bits per heavy atom. The van der Waals surface area contributed by atoms with E-state index in [0.29, 0.717) is 18.5 Å². The number of pyridine rings is 2. The fourth-order valence-corrected chi connectivity index (χ4v) is 1.67. The molecule has 2 rings (SSSR count). The number of carbonyl (C=O) groups excluding carboxylic acids is 1. The highest BCUT2D eigenvalue weighted by Crippen LogP contribution is 2.04. The minimum Gasteiger partial charge on any atom is -0.346 e. The molecule has 2 aromatic rings. The standard InChI is InChI=1S/C14H15FN4O/c15-12-2-1-7-17-13(12)9-19-14(20)10-3-4-11(5-6-16)18-8-10/h1-4,7-8H,5-6,9,16H2,(H,19,20). The molecular weight excluding hydrogens is 259 g/mol. The summed E-state index contributed by atoms with van der Waals surface area (Å²) in [6.45, 7) is 0.549. The first kappa shape index (κ1) is 14.1. The number of halogens is 1. The first-order valence-electron chi connectivity index (χ1n) is 6.23. The van der Waals surface area contributed by atoms with E-state index < -0.39 is 5.82 Å². The van der Waals surface area contributed by atoms with Gasteiger partial charge in [0.1, 0.15) is 5.82 Å². The van der Waals surface area contributed by atoms with Gasteiger partial charge < -0.3 is 11.1 Å². The van der Waals surface area contributed by atoms with E-state index in [2.05, 4.69) is 15.3 Å². The molecule has 104 valence electrons. The van der Waals surface area contributed by atoms with Crippen LogP contribution in [0, 0.1) is 5.82 Å². The van der Waals surface area contributed by atoms with Gasteiger partial charge in [0.2, 0.25) is 0 Å². The van der Waals surface area contributed by atoms with Crippen LogP contribution in [-0.2, 0) is 13.0 Å². The van der Waals surface area contributed by atoms with Crippen LogP contribution in [0.4, 0.5) is 4.39 Å². The summed E-state index contributed by atoms with van der Waals surface area (Å²) in [5.41, 5.74) is 6.88. The molecule has 0 saturated heterocycles. The van der Waals surface area contributed by atoms with Crippen molar-refractivity contribution in [3.8, 4) is 0 Å². The van der Waals surface area contributed by atoms with Crippen molar-refractivity contribution in [2.24, 2.45) is 5.73 Å². The average Bonchev–Trinajstić information content (AvgIpc) is 2.47. The van der Waals surface area contributed by atoms with Gasteiger partial charge in [-0.2, -0.15) is 0 Å². The van der Waals surface area contributed by atoms with Crippen molar-refractivity contribution in [3.63, 3.8) is 0 Å². The van der Waals surface area contributed by atoms with Crippen molar-refractivity contribution < 1.29 is 9.18 Å². The molecule has 0 fully saturated rings. The summed E-state index contributed by atoms with van der Waals surface area (Å²) >= 11 is 0. The minimum absolute atomic E-state index is 0.0378. The van der Waals surface area contributed by atoms with Gasteiger partial charge in [-0.25, -0.2) is 4.39 Å². The van der Waals surface area contributed by atoms with Crippen LogP contribution in [0.25, 0.3) is 0 Å². The van der Waals surface area contributed by atoms with E-state index >= 15 is 0 Å². The molecule has 6 heteroatoms. The Kier molecular flexibility index (Phi) is 4.73. The summed E-state index contributed by atoms with van der Waals surface area (Å²) in [4.78, 5) is 19.9. The normalized spacial score (nSPS) is 10.3. The van der Waals surface area contributed by atoms with Gasteiger partial charge in [0.25, 0.3) is 5.91 Å². The minimum atomic E-state index is -0.441. The maximum absolute atomic E-state index is 13.3. The highest BCUT2D eigenvalue weighted by Gasteiger charge is 2.08. The molecule has 0 spiro atoms. The Labute approximate surface area is 116 Å². The van der Waals surface area contributed by atoms with Gasteiger partial charge in [0, 0.05) is 24.5 Å². The first-order chi connectivity index (χ1) is 9.70. The predicted octanol–water partition coefficient (Wildman–Crippen LogP) is 1.05. The fourth-order valence-electron chi connectivity index (χ4n) is 1.67. The van der Waals surface area contributed by atoms with E-state index in [-0.39, 0.29) is 18.1 Å². The third kappa shape index (κ3) is 3.58. The van der Waals surface area contributed by atoms with E-state index in [1.165, 1.54) is 24.5 Å². The van der Waals surface area contributed by atoms with Gasteiger partial charge in [-0.05, 0) is 30.8 Å². The van der Waals surface area contributed by atoms with Crippen molar-refractivity contribution in [1.29, 1.82) is 0 Å². The molecule has 1 amide bonds. The monoisotopic (exact) mass is 274 g/mol. The lowest BCUT2D eigenvalue weighted by molar-refractivity contribution is 0.0949. The zero-order valence-corrected chi connectivity index (χ0v) is 10.8. The highest BCUT2D eigenvalue weighted by atomic mass is 19.1. The summed E-state index contributed by atoms with van der Waals surface area (Å²) in [6.07, 6.45) is 3.63. The summed E-state index contributed by atoms with van der Waals surface area (Å²) in [5, 5.41) is 2.60. The number of aromatic nitrogens is 2. The Balaban J connectivity index is 1.96. The SMILES string of the molecule is NCCc1ccc(C(=O)NCc2ncccc2F)cn1. The molecule has 0 aliphatic rings. The molecule has 0 saturated carbocycles. The zero-order chi connectivity index (χ0) is 14.4. The lowest BCUT2D eigenvalue weighted by atomic mass is 10.2. The summed E-state index contributed by atoms with van der Waals surface area (Å²) in [5.74, 6) is -0.758. The fraction of sp³-hybridized carbons (Fsp3) is 0.214. The molecule has 0 bridgehead atoms. The lowest BCUT2D eigenvalue weighted by Gasteiger charge is -2.06. The lowest BCUT2D eigenvalue weighted by Crippen LogP contribution is -2.24. The molecule has 0 aliphatic carbocycles. The molecule has 2 heterocycles. The molecule has 3 N–H and O–H groups in total. The number of hydrogen-bond acceptors (Lipinski definition) is 4. The van der Waals surface area contributed by atoms with E-state index in [1.807, 2.05) is 0 Å². The Morgan fingerprint density at radius 3 is 2.80 bits per heavy atom. The quantitative estimate of drug-likeness (QED) is 0.854. The van der Waals surface area contributed by atoms with Crippen LogP contribution < -0.4 is 11.1 Å². The van der Waals surface area contributed by atoms with Crippen molar-refractivity contribution in [1.82, 2.24) is 15.3 Å². The van der Waals surface area contributed by atoms with Crippen LogP contribution in [0.1, 0.15) is 21.7 Å². The highest BCUT2D eigenvalue weighted by molar-refractivity contribution is 5.93. The Hall–Kier alpha value is -2.34. The van der Waals surface area contributed by atoms with Gasteiger partial charge in [-0.3, -0.25) is 14.8 Å². The van der Waals surface area contributed by atoms with E-state index in [1.54, 1.807) is 12.1 Å². The molecular formula is C14H15FN4O. The summed E-state index contributed by atoms with van der Waals surface area (Å²) in [7, 11) is 0. The molecule has 0 aliphatic heterocycles. The van der Waals surface area contributed by atoms with Gasteiger partial charge in [0.05, 0.1) is 17.8 Å². The second kappa shape index (κ2) is 6.72. The van der Waals surface area contributed by atoms with Crippen molar-refractivity contribution >= 4 is 5.91 Å². The van der Waals surface area contributed by atoms with Crippen LogP contribution in [0.5, 0.6) is 0 Å². The molecule has 0 unspecified atom stereocenters. The number of hydrogen-bond donors (Lipinski definition) is 2. The third-order valence-electron chi connectivity index (χ3n) is 2.74. The van der Waals surface area contributed by atoms with Crippen molar-refractivity contribution in [3.05, 3.63) is 59.4 Å². The van der Waals surface area contributed by atoms with Crippen LogP contribution in [-0.4, -0.2) is 22.4 Å². The van der Waals surface area contributed by atoms with Crippen molar-refractivity contribution in [2.75, 3.05) is 6.54 Å². The number of nitrogens with two attached hydrogens (primary N) is 1. The number of nitrogens with zero attached hydrogens (tertiary/aromatic N) is 2. The smallest absolute Gasteiger partial charge is 0.253 e. The number of rotatable bonds is 5. The molecule has 2 aromatic heterocycles. The molecule has 0 radical (unpaired) electrons. The summed E-state index contributed by atoms with van der Waals surface area (Å²) < 4.78 is 13.3. The molecule has 0 aromatic carbocycles. The number of carbonyl (C=O) groups is 1. The van der Waals surface area contributed by atoms with Crippen LogP contribution in [0.2, 0.25) is 0 Å². The topological polar surface area (TPSA) is 80.9 Å². The van der Waals surface area contributed by atoms with Crippen molar-refractivity contribution in [2.45, 2.75) is 13.0 Å². The Bertz CT molecular complexity index is 586. The van der Waals surface area contributed by atoms with Gasteiger partial charge >= 0.3 is 0 Å². The molecule has 5 nitrogen and oxygen atoms in total. The maximum Gasteiger partial charge on any atom is 0.253 e. The summed E-state index contributed by atoms with van der Waals surface area (Å²) in [6, 6.07) is 6.23. The van der Waals surface area contributed by atoms with Crippen LogP contribution >= 0.6 is 0 Å². The van der Waals surface area contributed by atoms with Gasteiger partial charge in [0.15, 0.2) is 0 Å². The van der Waals surface area contributed by atoms with Gasteiger partial charge in [-0.15, -0.1) is 0 Å².